The molecule has 0 aromatic heterocycles. The van der Waals surface area contributed by atoms with Crippen LogP contribution in [0.15, 0.2) is 59.5 Å². The van der Waals surface area contributed by atoms with Crippen LogP contribution in [0.2, 0.25) is 0 Å². The largest absolute Gasteiger partial charge is 0.435 e. The molecule has 0 spiro atoms. The number of hydrogen-bond acceptors (Lipinski definition) is 5. The highest BCUT2D eigenvalue weighted by molar-refractivity contribution is 7.90. The lowest BCUT2D eigenvalue weighted by Crippen LogP contribution is -2.37. The van der Waals surface area contributed by atoms with E-state index in [2.05, 4.69) is 4.74 Å². The molecule has 160 valence electrons. The van der Waals surface area contributed by atoms with E-state index in [1.54, 1.807) is 0 Å². The molecule has 2 aromatic rings. The minimum absolute atomic E-state index is 0.0742. The monoisotopic (exact) mass is 438 g/mol. The predicted octanol–water partition coefficient (Wildman–Crippen LogP) is 2.70. The van der Waals surface area contributed by atoms with Gasteiger partial charge in [-0.15, -0.1) is 0 Å². The van der Waals surface area contributed by atoms with Crippen molar-refractivity contribution in [3.8, 4) is 5.75 Å². The summed E-state index contributed by atoms with van der Waals surface area (Å²) in [4.78, 5) is 26.1. The average molecular weight is 438 g/mol. The fourth-order valence-corrected chi connectivity index (χ4v) is 4.36. The van der Waals surface area contributed by atoms with Crippen LogP contribution in [0.5, 0.6) is 5.75 Å². The van der Waals surface area contributed by atoms with Crippen molar-refractivity contribution in [3.63, 3.8) is 0 Å². The number of likely N-dealkylation sites (tertiary alicyclic amines) is 1. The molecule has 2 atom stereocenters. The summed E-state index contributed by atoms with van der Waals surface area (Å²) < 4.78 is 55.8. The predicted molar refractivity (Wildman–Crippen MR) is 103 cm³/mol. The molecular formula is C20H20F2N2O5S. The lowest BCUT2D eigenvalue weighted by Gasteiger charge is -2.25. The zero-order valence-corrected chi connectivity index (χ0v) is 16.8. The standard InChI is InChI=1S/C20H20F2N2O5S/c1-13(14-6-3-2-4-7-14)24-12-15(10-18(24)25)19(26)23-30(27,28)17-9-5-8-16(11-17)29-20(21)22/h2-9,11,13,15,20H,10,12H2,1H3,(H,23,26). The third-order valence-electron chi connectivity index (χ3n) is 4.85. The highest BCUT2D eigenvalue weighted by Gasteiger charge is 2.38. The minimum atomic E-state index is -4.32. The smallest absolute Gasteiger partial charge is 0.387 e. The number of carbonyl (C=O) groups is 2. The Labute approximate surface area is 172 Å². The third kappa shape index (κ3) is 4.93. The molecule has 2 amide bonds. The molecule has 0 aliphatic carbocycles. The van der Waals surface area contributed by atoms with Crippen molar-refractivity contribution in [2.24, 2.45) is 5.92 Å². The van der Waals surface area contributed by atoms with Gasteiger partial charge in [0.05, 0.1) is 16.9 Å². The van der Waals surface area contributed by atoms with Crippen molar-refractivity contribution in [3.05, 3.63) is 60.2 Å². The molecule has 7 nitrogen and oxygen atoms in total. The number of ether oxygens (including phenoxy) is 1. The number of rotatable bonds is 7. The van der Waals surface area contributed by atoms with Gasteiger partial charge in [0.2, 0.25) is 11.8 Å². The van der Waals surface area contributed by atoms with E-state index in [1.165, 1.54) is 17.0 Å². The van der Waals surface area contributed by atoms with Crippen LogP contribution < -0.4 is 9.46 Å². The van der Waals surface area contributed by atoms with Crippen molar-refractivity contribution >= 4 is 21.8 Å². The SMILES string of the molecule is CC(c1ccccc1)N1CC(C(=O)NS(=O)(=O)c2cccc(OC(F)F)c2)CC1=O. The van der Waals surface area contributed by atoms with Gasteiger partial charge >= 0.3 is 6.61 Å². The second-order valence-corrected chi connectivity index (χ2v) is 8.54. The molecule has 1 aliphatic rings. The lowest BCUT2D eigenvalue weighted by molar-refractivity contribution is -0.130. The molecule has 2 aromatic carbocycles. The first kappa shape index (κ1) is 21.7. The molecule has 1 heterocycles. The molecule has 0 bridgehead atoms. The Bertz CT molecular complexity index is 1030. The molecule has 10 heteroatoms. The average Bonchev–Trinajstić information content (AvgIpc) is 3.09. The van der Waals surface area contributed by atoms with Crippen molar-refractivity contribution in [2.45, 2.75) is 30.9 Å². The van der Waals surface area contributed by atoms with E-state index in [0.29, 0.717) is 0 Å². The first-order valence-electron chi connectivity index (χ1n) is 9.13. The first-order chi connectivity index (χ1) is 14.2. The number of halogens is 2. The van der Waals surface area contributed by atoms with Crippen LogP contribution in [0, 0.1) is 5.92 Å². The minimum Gasteiger partial charge on any atom is -0.435 e. The van der Waals surface area contributed by atoms with E-state index in [1.807, 2.05) is 42.0 Å². The molecule has 1 saturated heterocycles. The maximum atomic E-state index is 12.5. The van der Waals surface area contributed by atoms with Gasteiger partial charge in [0.1, 0.15) is 5.75 Å². The van der Waals surface area contributed by atoms with Crippen LogP contribution in [0.3, 0.4) is 0 Å². The summed E-state index contributed by atoms with van der Waals surface area (Å²) in [5.74, 6) is -2.28. The topological polar surface area (TPSA) is 92.8 Å². The molecule has 0 radical (unpaired) electrons. The maximum Gasteiger partial charge on any atom is 0.387 e. The summed E-state index contributed by atoms with van der Waals surface area (Å²) in [6, 6.07) is 13.4. The quantitative estimate of drug-likeness (QED) is 0.718. The number of nitrogens with zero attached hydrogens (tertiary/aromatic N) is 1. The van der Waals surface area contributed by atoms with Crippen LogP contribution in [0.4, 0.5) is 8.78 Å². The number of hydrogen-bond donors (Lipinski definition) is 1. The number of nitrogens with one attached hydrogen (secondary N) is 1. The first-order valence-corrected chi connectivity index (χ1v) is 10.6. The Kier molecular flexibility index (Phi) is 6.35. The summed E-state index contributed by atoms with van der Waals surface area (Å²) in [5.41, 5.74) is 0.898. The lowest BCUT2D eigenvalue weighted by atomic mass is 10.1. The summed E-state index contributed by atoms with van der Waals surface area (Å²) in [6.07, 6.45) is -0.118. The van der Waals surface area contributed by atoms with Gasteiger partial charge in [-0.1, -0.05) is 36.4 Å². The third-order valence-corrected chi connectivity index (χ3v) is 6.20. The highest BCUT2D eigenvalue weighted by Crippen LogP contribution is 2.29. The normalized spacial score (nSPS) is 17.8. The fourth-order valence-electron chi connectivity index (χ4n) is 3.29. The van der Waals surface area contributed by atoms with Crippen LogP contribution in [0.25, 0.3) is 0 Å². The number of benzene rings is 2. The molecule has 0 saturated carbocycles. The summed E-state index contributed by atoms with van der Waals surface area (Å²) in [7, 11) is -4.32. The summed E-state index contributed by atoms with van der Waals surface area (Å²) in [6.45, 7) is -1.21. The fraction of sp³-hybridized carbons (Fsp3) is 0.300. The highest BCUT2D eigenvalue weighted by atomic mass is 32.2. The van der Waals surface area contributed by atoms with Crippen molar-refractivity contribution in [1.82, 2.24) is 9.62 Å². The number of amides is 2. The van der Waals surface area contributed by atoms with E-state index in [0.717, 1.165) is 17.7 Å². The number of sulfonamides is 1. The second-order valence-electron chi connectivity index (χ2n) is 6.86. The van der Waals surface area contributed by atoms with E-state index in [4.69, 9.17) is 0 Å². The van der Waals surface area contributed by atoms with E-state index in [9.17, 15) is 26.8 Å². The Morgan fingerprint density at radius 1 is 1.17 bits per heavy atom. The van der Waals surface area contributed by atoms with Gasteiger partial charge in [0.25, 0.3) is 10.0 Å². The van der Waals surface area contributed by atoms with Gasteiger partial charge in [-0.05, 0) is 24.6 Å². The molecule has 1 N–H and O–H groups in total. The molecule has 2 unspecified atom stereocenters. The van der Waals surface area contributed by atoms with Crippen LogP contribution in [0.1, 0.15) is 24.9 Å². The molecule has 1 fully saturated rings. The van der Waals surface area contributed by atoms with E-state index >= 15 is 0 Å². The second kappa shape index (κ2) is 8.78. The zero-order chi connectivity index (χ0) is 21.9. The van der Waals surface area contributed by atoms with Gasteiger partial charge in [-0.25, -0.2) is 13.1 Å². The van der Waals surface area contributed by atoms with Crippen LogP contribution in [-0.4, -0.2) is 38.3 Å². The summed E-state index contributed by atoms with van der Waals surface area (Å²) >= 11 is 0. The van der Waals surface area contributed by atoms with Gasteiger partial charge in [0.15, 0.2) is 0 Å². The Balaban J connectivity index is 1.69. The van der Waals surface area contributed by atoms with Gasteiger partial charge in [-0.2, -0.15) is 8.78 Å². The number of alkyl halides is 2. The Morgan fingerprint density at radius 3 is 2.53 bits per heavy atom. The number of carbonyl (C=O) groups excluding carboxylic acids is 2. The maximum absolute atomic E-state index is 12.5. The van der Waals surface area contributed by atoms with Crippen molar-refractivity contribution < 1.29 is 31.5 Å². The Morgan fingerprint density at radius 2 is 1.87 bits per heavy atom. The van der Waals surface area contributed by atoms with Crippen LogP contribution in [-0.2, 0) is 19.6 Å². The van der Waals surface area contributed by atoms with E-state index in [-0.39, 0.29) is 30.7 Å². The summed E-state index contributed by atoms with van der Waals surface area (Å²) in [5, 5.41) is 0. The molecule has 3 rings (SSSR count). The van der Waals surface area contributed by atoms with Gasteiger partial charge in [0, 0.05) is 19.0 Å². The van der Waals surface area contributed by atoms with E-state index < -0.39 is 33.4 Å². The Hall–Kier alpha value is -3.01. The van der Waals surface area contributed by atoms with Gasteiger partial charge in [-0.3, -0.25) is 9.59 Å². The van der Waals surface area contributed by atoms with Crippen molar-refractivity contribution in [2.75, 3.05) is 6.54 Å². The zero-order valence-electron chi connectivity index (χ0n) is 16.0. The molecule has 30 heavy (non-hydrogen) atoms. The molecule has 1 aliphatic heterocycles. The molecular weight excluding hydrogens is 418 g/mol. The van der Waals surface area contributed by atoms with Crippen molar-refractivity contribution in [1.29, 1.82) is 0 Å². The van der Waals surface area contributed by atoms with Crippen LogP contribution >= 0.6 is 0 Å². The van der Waals surface area contributed by atoms with Gasteiger partial charge < -0.3 is 9.64 Å².